The number of nitrogens with zero attached hydrogens (tertiary/aromatic N) is 2. The number of anilines is 1. The molecule has 1 atom stereocenters. The van der Waals surface area contributed by atoms with E-state index in [4.69, 9.17) is 4.74 Å². The maximum absolute atomic E-state index is 12.3. The maximum Gasteiger partial charge on any atom is 0.222 e. The number of amides is 1. The second-order valence-corrected chi connectivity index (χ2v) is 7.18. The molecule has 0 spiro atoms. The van der Waals surface area contributed by atoms with Gasteiger partial charge in [-0.15, -0.1) is 0 Å². The first kappa shape index (κ1) is 16.9. The molecule has 1 fully saturated rings. The molecule has 4 nitrogen and oxygen atoms in total. The molecular formula is C20H28N2O2. The predicted molar refractivity (Wildman–Crippen MR) is 97.2 cm³/mol. The van der Waals surface area contributed by atoms with E-state index in [0.29, 0.717) is 18.9 Å². The highest BCUT2D eigenvalue weighted by atomic mass is 16.5. The quantitative estimate of drug-likeness (QED) is 0.823. The molecule has 1 amide bonds. The number of carbonyl (C=O) groups is 1. The van der Waals surface area contributed by atoms with Crippen LogP contribution in [0.5, 0.6) is 5.75 Å². The van der Waals surface area contributed by atoms with Crippen LogP contribution in [0.1, 0.15) is 39.5 Å². The Morgan fingerprint density at radius 3 is 2.71 bits per heavy atom. The van der Waals surface area contributed by atoms with Crippen LogP contribution in [-0.4, -0.2) is 36.5 Å². The molecule has 0 bridgehead atoms. The number of ether oxygens (including phenoxy) is 1. The van der Waals surface area contributed by atoms with E-state index in [-0.39, 0.29) is 12.0 Å². The van der Waals surface area contributed by atoms with Crippen molar-refractivity contribution in [1.29, 1.82) is 0 Å². The molecule has 0 radical (unpaired) electrons. The summed E-state index contributed by atoms with van der Waals surface area (Å²) in [6, 6.07) is 8.29. The van der Waals surface area contributed by atoms with Gasteiger partial charge in [-0.05, 0) is 49.4 Å². The summed E-state index contributed by atoms with van der Waals surface area (Å²) in [5.41, 5.74) is 1.20. The zero-order chi connectivity index (χ0) is 16.9. The van der Waals surface area contributed by atoms with Crippen LogP contribution < -0.4 is 9.64 Å². The van der Waals surface area contributed by atoms with E-state index in [2.05, 4.69) is 43.2 Å². The molecule has 4 heteroatoms. The van der Waals surface area contributed by atoms with E-state index in [9.17, 15) is 4.79 Å². The highest BCUT2D eigenvalue weighted by molar-refractivity contribution is 5.76. The number of piperidine rings is 1. The molecule has 3 rings (SSSR count). The van der Waals surface area contributed by atoms with Crippen LogP contribution in [0.2, 0.25) is 0 Å². The summed E-state index contributed by atoms with van der Waals surface area (Å²) in [5.74, 6) is 1.56. The SMILES string of the molecule is CC(C)CC(=O)N1CCCC(Oc2ccc(N3C=CCC3)cc2)C1. The van der Waals surface area contributed by atoms with Crippen molar-refractivity contribution in [2.75, 3.05) is 24.5 Å². The fraction of sp³-hybridized carbons (Fsp3) is 0.550. The number of likely N-dealkylation sites (tertiary alicyclic amines) is 1. The lowest BCUT2D eigenvalue weighted by Crippen LogP contribution is -2.44. The van der Waals surface area contributed by atoms with Crippen molar-refractivity contribution in [3.8, 4) is 5.75 Å². The average Bonchev–Trinajstić information content (AvgIpc) is 3.10. The third kappa shape index (κ3) is 4.31. The first-order valence-corrected chi connectivity index (χ1v) is 9.09. The lowest BCUT2D eigenvalue weighted by Gasteiger charge is -2.33. The minimum atomic E-state index is 0.104. The molecule has 1 unspecified atom stereocenters. The molecule has 0 saturated carbocycles. The number of carbonyl (C=O) groups excluding carboxylic acids is 1. The van der Waals surface area contributed by atoms with Gasteiger partial charge in [0.15, 0.2) is 0 Å². The monoisotopic (exact) mass is 328 g/mol. The summed E-state index contributed by atoms with van der Waals surface area (Å²) in [7, 11) is 0. The third-order valence-corrected chi connectivity index (χ3v) is 4.61. The van der Waals surface area contributed by atoms with E-state index in [1.54, 1.807) is 0 Å². The van der Waals surface area contributed by atoms with Crippen LogP contribution in [-0.2, 0) is 4.79 Å². The molecule has 0 N–H and O–H groups in total. The van der Waals surface area contributed by atoms with Gasteiger partial charge in [-0.3, -0.25) is 4.79 Å². The number of rotatable bonds is 5. The summed E-state index contributed by atoms with van der Waals surface area (Å²) in [6.07, 6.45) is 8.20. The molecule has 0 aliphatic carbocycles. The number of hydrogen-bond donors (Lipinski definition) is 0. The van der Waals surface area contributed by atoms with Crippen molar-refractivity contribution in [3.63, 3.8) is 0 Å². The Balaban J connectivity index is 1.55. The van der Waals surface area contributed by atoms with Gasteiger partial charge >= 0.3 is 0 Å². The van der Waals surface area contributed by atoms with Crippen LogP contribution in [0.25, 0.3) is 0 Å². The molecule has 1 saturated heterocycles. The van der Waals surface area contributed by atoms with Crippen molar-refractivity contribution >= 4 is 11.6 Å². The Kier molecular flexibility index (Phi) is 5.44. The van der Waals surface area contributed by atoms with Crippen molar-refractivity contribution in [1.82, 2.24) is 4.90 Å². The molecular weight excluding hydrogens is 300 g/mol. The van der Waals surface area contributed by atoms with E-state index in [1.165, 1.54) is 5.69 Å². The zero-order valence-corrected chi connectivity index (χ0v) is 14.8. The van der Waals surface area contributed by atoms with Crippen LogP contribution >= 0.6 is 0 Å². The van der Waals surface area contributed by atoms with Gasteiger partial charge in [0.2, 0.25) is 5.91 Å². The third-order valence-electron chi connectivity index (χ3n) is 4.61. The minimum absolute atomic E-state index is 0.104. The topological polar surface area (TPSA) is 32.8 Å². The summed E-state index contributed by atoms with van der Waals surface area (Å²) in [4.78, 5) is 16.5. The van der Waals surface area contributed by atoms with E-state index in [0.717, 1.165) is 38.1 Å². The lowest BCUT2D eigenvalue weighted by molar-refractivity contribution is -0.134. The van der Waals surface area contributed by atoms with Gasteiger partial charge < -0.3 is 14.5 Å². The Hall–Kier alpha value is -1.97. The van der Waals surface area contributed by atoms with Crippen molar-refractivity contribution in [2.45, 2.75) is 45.6 Å². The summed E-state index contributed by atoms with van der Waals surface area (Å²) in [6.45, 7) is 6.81. The molecule has 1 aromatic carbocycles. The molecule has 24 heavy (non-hydrogen) atoms. The molecule has 2 aliphatic heterocycles. The highest BCUT2D eigenvalue weighted by Gasteiger charge is 2.25. The molecule has 130 valence electrons. The van der Waals surface area contributed by atoms with E-state index in [1.807, 2.05) is 17.0 Å². The maximum atomic E-state index is 12.3. The van der Waals surface area contributed by atoms with E-state index >= 15 is 0 Å². The molecule has 2 heterocycles. The first-order valence-electron chi connectivity index (χ1n) is 9.09. The van der Waals surface area contributed by atoms with Crippen molar-refractivity contribution < 1.29 is 9.53 Å². The smallest absolute Gasteiger partial charge is 0.222 e. The molecule has 1 aromatic rings. The van der Waals surface area contributed by atoms with Crippen LogP contribution in [0, 0.1) is 5.92 Å². The Morgan fingerprint density at radius 1 is 1.25 bits per heavy atom. The summed E-state index contributed by atoms with van der Waals surface area (Å²) >= 11 is 0. The Bertz CT molecular complexity index is 580. The van der Waals surface area contributed by atoms with Gasteiger partial charge in [-0.2, -0.15) is 0 Å². The minimum Gasteiger partial charge on any atom is -0.489 e. The number of hydrogen-bond acceptors (Lipinski definition) is 3. The largest absolute Gasteiger partial charge is 0.489 e. The lowest BCUT2D eigenvalue weighted by atomic mass is 10.1. The van der Waals surface area contributed by atoms with Gasteiger partial charge in [0.1, 0.15) is 11.9 Å². The summed E-state index contributed by atoms with van der Waals surface area (Å²) < 4.78 is 6.13. The molecule has 0 aromatic heterocycles. The Morgan fingerprint density at radius 2 is 2.04 bits per heavy atom. The normalized spacial score (nSPS) is 20.7. The first-order chi connectivity index (χ1) is 11.6. The number of benzene rings is 1. The fourth-order valence-corrected chi connectivity index (χ4v) is 3.35. The second kappa shape index (κ2) is 7.73. The van der Waals surface area contributed by atoms with Gasteiger partial charge in [0.05, 0.1) is 6.54 Å². The van der Waals surface area contributed by atoms with Crippen LogP contribution in [0.15, 0.2) is 36.5 Å². The summed E-state index contributed by atoms with van der Waals surface area (Å²) in [5, 5.41) is 0. The van der Waals surface area contributed by atoms with Crippen molar-refractivity contribution in [2.24, 2.45) is 5.92 Å². The molecule has 2 aliphatic rings. The van der Waals surface area contributed by atoms with Gasteiger partial charge in [0, 0.05) is 31.4 Å². The average molecular weight is 328 g/mol. The zero-order valence-electron chi connectivity index (χ0n) is 14.8. The predicted octanol–water partition coefficient (Wildman–Crippen LogP) is 3.83. The Labute approximate surface area is 145 Å². The highest BCUT2D eigenvalue weighted by Crippen LogP contribution is 2.24. The fourth-order valence-electron chi connectivity index (χ4n) is 3.35. The second-order valence-electron chi connectivity index (χ2n) is 7.18. The van der Waals surface area contributed by atoms with Gasteiger partial charge in [0.25, 0.3) is 0 Å². The van der Waals surface area contributed by atoms with Gasteiger partial charge in [-0.25, -0.2) is 0 Å². The van der Waals surface area contributed by atoms with Crippen LogP contribution in [0.4, 0.5) is 5.69 Å². The van der Waals surface area contributed by atoms with Crippen molar-refractivity contribution in [3.05, 3.63) is 36.5 Å². The van der Waals surface area contributed by atoms with Gasteiger partial charge in [-0.1, -0.05) is 19.9 Å². The standard InChI is InChI=1S/C20H28N2O2/c1-16(2)14-20(23)22-13-5-6-19(15-22)24-18-9-7-17(8-10-18)21-11-3-4-12-21/h3,7-11,16,19H,4-6,12-15H2,1-2H3. The van der Waals surface area contributed by atoms with E-state index < -0.39 is 0 Å². The van der Waals surface area contributed by atoms with Crippen LogP contribution in [0.3, 0.4) is 0 Å².